The first-order valence-electron chi connectivity index (χ1n) is 15.3. The van der Waals surface area contributed by atoms with Gasteiger partial charge < -0.3 is 20.1 Å². The van der Waals surface area contributed by atoms with Gasteiger partial charge >= 0.3 is 12.2 Å². The number of anilines is 1. The van der Waals surface area contributed by atoms with E-state index in [9.17, 15) is 18.3 Å². The summed E-state index contributed by atoms with van der Waals surface area (Å²) in [4.78, 5) is 17.3. The smallest absolute Gasteiger partial charge is 0.401 e. The Labute approximate surface area is 257 Å². The van der Waals surface area contributed by atoms with Crippen molar-refractivity contribution in [3.63, 3.8) is 0 Å². The molecule has 7 rings (SSSR count). The van der Waals surface area contributed by atoms with E-state index >= 15 is 4.39 Å². The lowest BCUT2D eigenvalue weighted by Gasteiger charge is -2.34. The molecular formula is C31H35ClF4N6O2. The number of hydrogen-bond acceptors (Lipinski definition) is 8. The van der Waals surface area contributed by atoms with E-state index in [2.05, 4.69) is 20.2 Å². The molecular weight excluding hydrogens is 600 g/mol. The number of hydrogen-bond donors (Lipinski definition) is 2. The molecule has 2 bridgehead atoms. The molecule has 0 unspecified atom stereocenters. The lowest BCUT2D eigenvalue weighted by molar-refractivity contribution is -0.147. The molecule has 0 spiro atoms. The second-order valence-corrected chi connectivity index (χ2v) is 13.3. The van der Waals surface area contributed by atoms with Crippen LogP contribution >= 0.6 is 11.6 Å². The number of nitrogens with one attached hydrogen (secondary N) is 1. The molecule has 2 N–H and O–H groups in total. The number of aromatic hydroxyl groups is 1. The zero-order valence-corrected chi connectivity index (χ0v) is 25.2. The summed E-state index contributed by atoms with van der Waals surface area (Å²) in [5.74, 6) is -0.0577. The van der Waals surface area contributed by atoms with E-state index in [0.717, 1.165) is 44.1 Å². The van der Waals surface area contributed by atoms with Crippen molar-refractivity contribution in [2.24, 2.45) is 5.41 Å². The third kappa shape index (κ3) is 6.00. The third-order valence-electron chi connectivity index (χ3n) is 9.39. The topological polar surface area (TPSA) is 86.6 Å². The molecule has 0 radical (unpaired) electrons. The fourth-order valence-electron chi connectivity index (χ4n) is 6.82. The summed E-state index contributed by atoms with van der Waals surface area (Å²) in [5, 5.41) is 14.7. The molecule has 1 aromatic carbocycles. The van der Waals surface area contributed by atoms with E-state index in [1.54, 1.807) is 13.1 Å². The van der Waals surface area contributed by atoms with Crippen LogP contribution in [0.25, 0.3) is 22.2 Å². The van der Waals surface area contributed by atoms with Crippen LogP contribution in [0, 0.1) is 11.2 Å². The molecule has 3 aromatic rings. The van der Waals surface area contributed by atoms with Gasteiger partial charge in [-0.25, -0.2) is 4.39 Å². The Kier molecular flexibility index (Phi) is 7.52. The number of nitrogens with zero attached hydrogens (tertiary/aromatic N) is 5. The van der Waals surface area contributed by atoms with Crippen LogP contribution in [0.3, 0.4) is 0 Å². The number of phenolic OH excluding ortho intramolecular Hbond substituents is 1. The van der Waals surface area contributed by atoms with Gasteiger partial charge in [0.15, 0.2) is 5.82 Å². The number of halogens is 5. The third-order valence-corrected chi connectivity index (χ3v) is 9.70. The Hall–Kier alpha value is -2.96. The molecule has 2 saturated carbocycles. The van der Waals surface area contributed by atoms with Crippen molar-refractivity contribution in [3.05, 3.63) is 34.7 Å². The molecule has 2 aliphatic heterocycles. The molecule has 2 saturated heterocycles. The van der Waals surface area contributed by atoms with Crippen LogP contribution in [-0.2, 0) is 0 Å². The van der Waals surface area contributed by atoms with E-state index < -0.39 is 24.0 Å². The molecule has 2 atom stereocenters. The number of benzene rings is 1. The number of pyridine rings is 1. The van der Waals surface area contributed by atoms with Crippen LogP contribution < -0.4 is 15.0 Å². The quantitative estimate of drug-likeness (QED) is 0.261. The summed E-state index contributed by atoms with van der Waals surface area (Å²) in [6.07, 6.45) is 2.67. The van der Waals surface area contributed by atoms with E-state index in [1.807, 2.05) is 0 Å². The van der Waals surface area contributed by atoms with Gasteiger partial charge in [-0.1, -0.05) is 18.5 Å². The summed E-state index contributed by atoms with van der Waals surface area (Å²) in [6.45, 7) is 2.76. The van der Waals surface area contributed by atoms with Crippen molar-refractivity contribution in [1.29, 1.82) is 0 Å². The zero-order chi connectivity index (χ0) is 30.8. The minimum absolute atomic E-state index is 0.0177. The van der Waals surface area contributed by atoms with Gasteiger partial charge in [0.2, 0.25) is 0 Å². The van der Waals surface area contributed by atoms with Crippen molar-refractivity contribution < 1.29 is 27.4 Å². The summed E-state index contributed by atoms with van der Waals surface area (Å²) < 4.78 is 62.0. The van der Waals surface area contributed by atoms with Crippen LogP contribution in [0.1, 0.15) is 56.9 Å². The molecule has 2 aliphatic carbocycles. The van der Waals surface area contributed by atoms with Crippen molar-refractivity contribution in [2.75, 3.05) is 44.2 Å². The molecule has 2 aromatic heterocycles. The van der Waals surface area contributed by atoms with Crippen LogP contribution in [0.2, 0.25) is 5.02 Å². The highest BCUT2D eigenvalue weighted by Crippen LogP contribution is 2.50. The standard InChI is InChI=1S/C31H35ClF4N6O2/c1-2-41(15-31(34,35)36)14-30(7-8-30)16-44-29-39-27-22(28(40-29)42-12-18-5-6-19(13-42)38-18)11-37-26(25(27)33)21-9-20(43)10-23(32)24(21)17-3-4-17/h9-11,17-19,38,43H,2-8,12-16H2,1H3/t18-,19+. The lowest BCUT2D eigenvalue weighted by Crippen LogP contribution is -2.51. The number of piperazine rings is 1. The summed E-state index contributed by atoms with van der Waals surface area (Å²) in [5.41, 5.74) is 0.834. The average molecular weight is 635 g/mol. The summed E-state index contributed by atoms with van der Waals surface area (Å²) in [6, 6.07) is 3.51. The predicted molar refractivity (Wildman–Crippen MR) is 159 cm³/mol. The van der Waals surface area contributed by atoms with Gasteiger partial charge in [0.05, 0.1) is 18.5 Å². The van der Waals surface area contributed by atoms with Crippen molar-refractivity contribution in [2.45, 2.75) is 69.6 Å². The van der Waals surface area contributed by atoms with Crippen molar-refractivity contribution in [3.8, 4) is 23.0 Å². The predicted octanol–water partition coefficient (Wildman–Crippen LogP) is 6.05. The lowest BCUT2D eigenvalue weighted by atomic mass is 9.98. The molecule has 8 nitrogen and oxygen atoms in total. The van der Waals surface area contributed by atoms with Gasteiger partial charge in [-0.3, -0.25) is 9.88 Å². The van der Waals surface area contributed by atoms with Gasteiger partial charge in [-0.2, -0.15) is 23.1 Å². The van der Waals surface area contributed by atoms with Crippen LogP contribution in [0.15, 0.2) is 18.3 Å². The molecule has 4 aliphatic rings. The maximum absolute atomic E-state index is 16.6. The normalized spacial score (nSPS) is 22.7. The highest BCUT2D eigenvalue weighted by atomic mass is 35.5. The molecule has 0 amide bonds. The van der Waals surface area contributed by atoms with E-state index in [1.165, 1.54) is 17.0 Å². The summed E-state index contributed by atoms with van der Waals surface area (Å²) >= 11 is 6.51. The Morgan fingerprint density at radius 1 is 1.14 bits per heavy atom. The molecule has 44 heavy (non-hydrogen) atoms. The number of aromatic nitrogens is 3. The molecule has 13 heteroatoms. The number of fused-ring (bicyclic) bond motifs is 3. The van der Waals surface area contributed by atoms with E-state index in [-0.39, 0.29) is 48.6 Å². The number of ether oxygens (including phenoxy) is 1. The van der Waals surface area contributed by atoms with Gasteiger partial charge in [0.1, 0.15) is 22.8 Å². The first-order valence-corrected chi connectivity index (χ1v) is 15.7. The summed E-state index contributed by atoms with van der Waals surface area (Å²) in [7, 11) is 0. The highest BCUT2D eigenvalue weighted by molar-refractivity contribution is 6.32. The van der Waals surface area contributed by atoms with Crippen molar-refractivity contribution >= 4 is 28.3 Å². The highest BCUT2D eigenvalue weighted by Gasteiger charge is 2.46. The Bertz CT molecular complexity index is 1570. The number of alkyl halides is 3. The maximum atomic E-state index is 16.6. The average Bonchev–Trinajstić information content (AvgIpc) is 3.90. The van der Waals surface area contributed by atoms with Gasteiger partial charge in [-0.15, -0.1) is 0 Å². The Morgan fingerprint density at radius 3 is 2.50 bits per heavy atom. The maximum Gasteiger partial charge on any atom is 0.401 e. The second kappa shape index (κ2) is 11.1. The number of phenols is 1. The first-order chi connectivity index (χ1) is 21.0. The van der Waals surface area contributed by atoms with Crippen LogP contribution in [0.5, 0.6) is 11.8 Å². The SMILES string of the molecule is CCN(CC(F)(F)F)CC1(COc2nc(N3C[C@H]4CC[C@@H](C3)N4)c3cnc(-c4cc(O)cc(Cl)c4C4CC4)c(F)c3n2)CC1. The monoisotopic (exact) mass is 634 g/mol. The molecule has 236 valence electrons. The van der Waals surface area contributed by atoms with Crippen LogP contribution in [0.4, 0.5) is 23.4 Å². The fourth-order valence-corrected chi connectivity index (χ4v) is 7.19. The fraction of sp³-hybridized carbons (Fsp3) is 0.581. The van der Waals surface area contributed by atoms with E-state index in [4.69, 9.17) is 21.3 Å². The van der Waals surface area contributed by atoms with Gasteiger partial charge in [0, 0.05) is 53.9 Å². The molecule has 4 fully saturated rings. The van der Waals surface area contributed by atoms with Crippen LogP contribution in [-0.4, -0.2) is 82.5 Å². The van der Waals surface area contributed by atoms with Gasteiger partial charge in [-0.05, 0) is 68.7 Å². The Balaban J connectivity index is 1.25. The van der Waals surface area contributed by atoms with E-state index in [0.29, 0.717) is 47.0 Å². The number of rotatable bonds is 10. The Morgan fingerprint density at radius 2 is 1.86 bits per heavy atom. The first kappa shape index (κ1) is 29.7. The zero-order valence-electron chi connectivity index (χ0n) is 24.4. The van der Waals surface area contributed by atoms with Crippen molar-refractivity contribution in [1.82, 2.24) is 25.2 Å². The minimum Gasteiger partial charge on any atom is -0.508 e. The minimum atomic E-state index is -4.28. The largest absolute Gasteiger partial charge is 0.508 e. The van der Waals surface area contributed by atoms with Gasteiger partial charge in [0.25, 0.3) is 0 Å². The second-order valence-electron chi connectivity index (χ2n) is 12.9. The molecule has 4 heterocycles.